The number of hydrogen-bond donors (Lipinski definition) is 2. The van der Waals surface area contributed by atoms with Gasteiger partial charge in [0.1, 0.15) is 0 Å². The van der Waals surface area contributed by atoms with E-state index in [1.54, 1.807) is 7.05 Å². The van der Waals surface area contributed by atoms with Crippen LogP contribution < -0.4 is 10.6 Å². The van der Waals surface area contributed by atoms with E-state index in [0.29, 0.717) is 12.6 Å². The first-order valence-electron chi connectivity index (χ1n) is 4.40. The summed E-state index contributed by atoms with van der Waals surface area (Å²) in [6, 6.07) is -0.118. The number of amides is 2. The van der Waals surface area contributed by atoms with Crippen LogP contribution in [0.4, 0.5) is 4.79 Å². The minimum Gasteiger partial charge on any atom is -0.378 e. The highest BCUT2D eigenvalue weighted by molar-refractivity contribution is 5.73. The van der Waals surface area contributed by atoms with Crippen LogP contribution in [0.1, 0.15) is 19.3 Å². The molecule has 1 saturated heterocycles. The van der Waals surface area contributed by atoms with Gasteiger partial charge in [-0.1, -0.05) is 0 Å². The first-order valence-corrected chi connectivity index (χ1v) is 4.40. The minimum atomic E-state index is -0.118. The molecule has 12 heavy (non-hydrogen) atoms. The van der Waals surface area contributed by atoms with E-state index in [2.05, 4.69) is 10.6 Å². The van der Waals surface area contributed by atoms with Crippen LogP contribution in [-0.4, -0.2) is 32.3 Å². The quantitative estimate of drug-likeness (QED) is 0.650. The van der Waals surface area contributed by atoms with Crippen molar-refractivity contribution < 1.29 is 9.53 Å². The fraction of sp³-hybridized carbons (Fsp3) is 0.875. The Kier molecular flexibility index (Phi) is 3.87. The number of hydrogen-bond acceptors (Lipinski definition) is 2. The Morgan fingerprint density at radius 2 is 2.50 bits per heavy atom. The molecule has 0 bridgehead atoms. The molecule has 0 saturated carbocycles. The average molecular weight is 172 g/mol. The molecule has 0 aromatic rings. The second kappa shape index (κ2) is 4.98. The third kappa shape index (κ3) is 3.09. The van der Waals surface area contributed by atoms with Crippen LogP contribution in [0, 0.1) is 0 Å². The zero-order chi connectivity index (χ0) is 8.81. The second-order valence-electron chi connectivity index (χ2n) is 2.93. The van der Waals surface area contributed by atoms with Gasteiger partial charge in [0.25, 0.3) is 0 Å². The van der Waals surface area contributed by atoms with Gasteiger partial charge in [-0.05, 0) is 19.3 Å². The smallest absolute Gasteiger partial charge is 0.314 e. The summed E-state index contributed by atoms with van der Waals surface area (Å²) in [5.41, 5.74) is 0. The van der Waals surface area contributed by atoms with Crippen LogP contribution in [0.2, 0.25) is 0 Å². The summed E-state index contributed by atoms with van der Waals surface area (Å²) in [6.45, 7) is 1.58. The van der Waals surface area contributed by atoms with Gasteiger partial charge in [0.2, 0.25) is 0 Å². The molecular weight excluding hydrogens is 156 g/mol. The van der Waals surface area contributed by atoms with E-state index >= 15 is 0 Å². The third-order valence-corrected chi connectivity index (χ3v) is 2.00. The Hall–Kier alpha value is -0.770. The first-order chi connectivity index (χ1) is 5.83. The fourth-order valence-electron chi connectivity index (χ4n) is 1.31. The molecule has 0 aromatic heterocycles. The van der Waals surface area contributed by atoms with Gasteiger partial charge in [0.15, 0.2) is 0 Å². The number of nitrogens with one attached hydrogen (secondary N) is 2. The lowest BCUT2D eigenvalue weighted by atomic mass is 10.2. The lowest BCUT2D eigenvalue weighted by Crippen LogP contribution is -2.34. The van der Waals surface area contributed by atoms with Crippen molar-refractivity contribution >= 4 is 6.03 Å². The van der Waals surface area contributed by atoms with Gasteiger partial charge in [-0.15, -0.1) is 0 Å². The van der Waals surface area contributed by atoms with E-state index in [-0.39, 0.29) is 6.03 Å². The van der Waals surface area contributed by atoms with E-state index in [9.17, 15) is 4.79 Å². The maximum absolute atomic E-state index is 10.7. The van der Waals surface area contributed by atoms with Gasteiger partial charge in [0.05, 0.1) is 6.10 Å². The fourth-order valence-corrected chi connectivity index (χ4v) is 1.31. The molecule has 2 amide bonds. The third-order valence-electron chi connectivity index (χ3n) is 2.00. The molecule has 1 heterocycles. The van der Waals surface area contributed by atoms with Crippen molar-refractivity contribution in [1.82, 2.24) is 10.6 Å². The Bertz CT molecular complexity index is 144. The molecule has 0 radical (unpaired) electrons. The minimum absolute atomic E-state index is 0.118. The maximum atomic E-state index is 10.7. The highest BCUT2D eigenvalue weighted by Crippen LogP contribution is 2.14. The normalized spacial score (nSPS) is 22.2. The largest absolute Gasteiger partial charge is 0.378 e. The summed E-state index contributed by atoms with van der Waals surface area (Å²) in [7, 11) is 1.61. The summed E-state index contributed by atoms with van der Waals surface area (Å²) in [5.74, 6) is 0. The summed E-state index contributed by atoms with van der Waals surface area (Å²) in [6.07, 6.45) is 3.58. The van der Waals surface area contributed by atoms with Gasteiger partial charge < -0.3 is 15.4 Å². The Morgan fingerprint density at radius 1 is 1.67 bits per heavy atom. The zero-order valence-electron chi connectivity index (χ0n) is 7.43. The van der Waals surface area contributed by atoms with Crippen LogP contribution in [0.5, 0.6) is 0 Å². The van der Waals surface area contributed by atoms with Crippen molar-refractivity contribution in [2.45, 2.75) is 25.4 Å². The van der Waals surface area contributed by atoms with Crippen molar-refractivity contribution in [3.8, 4) is 0 Å². The van der Waals surface area contributed by atoms with Crippen molar-refractivity contribution in [1.29, 1.82) is 0 Å². The van der Waals surface area contributed by atoms with Crippen LogP contribution in [0.3, 0.4) is 0 Å². The SMILES string of the molecule is CNC(=O)NCCC1CCCO1. The van der Waals surface area contributed by atoms with Crippen LogP contribution >= 0.6 is 0 Å². The number of ether oxygens (including phenoxy) is 1. The lowest BCUT2D eigenvalue weighted by Gasteiger charge is -2.09. The summed E-state index contributed by atoms with van der Waals surface area (Å²) < 4.78 is 5.40. The monoisotopic (exact) mass is 172 g/mol. The molecule has 0 aliphatic carbocycles. The number of urea groups is 1. The Labute approximate surface area is 72.7 Å². The van der Waals surface area contributed by atoms with E-state index in [1.165, 1.54) is 0 Å². The molecule has 1 rings (SSSR count). The van der Waals surface area contributed by atoms with Gasteiger partial charge in [-0.2, -0.15) is 0 Å². The maximum Gasteiger partial charge on any atom is 0.314 e. The highest BCUT2D eigenvalue weighted by atomic mass is 16.5. The van der Waals surface area contributed by atoms with Gasteiger partial charge in [0, 0.05) is 20.2 Å². The first kappa shape index (κ1) is 9.32. The topological polar surface area (TPSA) is 50.4 Å². The molecule has 0 aromatic carbocycles. The summed E-state index contributed by atoms with van der Waals surface area (Å²) in [4.78, 5) is 10.7. The van der Waals surface area contributed by atoms with E-state index in [4.69, 9.17) is 4.74 Å². The molecule has 70 valence electrons. The van der Waals surface area contributed by atoms with Crippen LogP contribution in [0.25, 0.3) is 0 Å². The molecule has 1 atom stereocenters. The van der Waals surface area contributed by atoms with Crippen LogP contribution in [0.15, 0.2) is 0 Å². The second-order valence-corrected chi connectivity index (χ2v) is 2.93. The molecule has 0 spiro atoms. The van der Waals surface area contributed by atoms with E-state index in [0.717, 1.165) is 25.9 Å². The van der Waals surface area contributed by atoms with Crippen molar-refractivity contribution in [3.63, 3.8) is 0 Å². The average Bonchev–Trinajstić information content (AvgIpc) is 2.57. The van der Waals surface area contributed by atoms with Crippen molar-refractivity contribution in [3.05, 3.63) is 0 Å². The molecule has 1 fully saturated rings. The molecule has 1 aliphatic rings. The molecule has 1 aliphatic heterocycles. The van der Waals surface area contributed by atoms with Gasteiger partial charge in [-0.25, -0.2) is 4.79 Å². The zero-order valence-corrected chi connectivity index (χ0v) is 7.43. The molecule has 1 unspecified atom stereocenters. The van der Waals surface area contributed by atoms with E-state index in [1.807, 2.05) is 0 Å². The summed E-state index contributed by atoms with van der Waals surface area (Å²) in [5, 5.41) is 5.23. The molecular formula is C8H16N2O2. The number of carbonyl (C=O) groups excluding carboxylic acids is 1. The van der Waals surface area contributed by atoms with E-state index < -0.39 is 0 Å². The Morgan fingerprint density at radius 3 is 3.08 bits per heavy atom. The van der Waals surface area contributed by atoms with Gasteiger partial charge in [-0.3, -0.25) is 0 Å². The molecule has 2 N–H and O–H groups in total. The summed E-state index contributed by atoms with van der Waals surface area (Å²) >= 11 is 0. The number of rotatable bonds is 3. The van der Waals surface area contributed by atoms with Crippen LogP contribution in [-0.2, 0) is 4.74 Å². The lowest BCUT2D eigenvalue weighted by molar-refractivity contribution is 0.105. The predicted octanol–water partition coefficient (Wildman–Crippen LogP) is 0.484. The standard InChI is InChI=1S/C8H16N2O2/c1-9-8(11)10-5-4-7-3-2-6-12-7/h7H,2-6H2,1H3,(H2,9,10,11). The van der Waals surface area contributed by atoms with Gasteiger partial charge >= 0.3 is 6.03 Å². The van der Waals surface area contributed by atoms with Crippen molar-refractivity contribution in [2.24, 2.45) is 0 Å². The van der Waals surface area contributed by atoms with Crippen molar-refractivity contribution in [2.75, 3.05) is 20.2 Å². The molecule has 4 nitrogen and oxygen atoms in total. The predicted molar refractivity (Wildman–Crippen MR) is 46.0 cm³/mol. The Balaban J connectivity index is 1.97. The highest BCUT2D eigenvalue weighted by Gasteiger charge is 2.14. The molecule has 4 heteroatoms. The number of carbonyl (C=O) groups is 1.